The molecule has 1 saturated heterocycles. The van der Waals surface area contributed by atoms with E-state index in [1.807, 2.05) is 0 Å². The third-order valence-electron chi connectivity index (χ3n) is 3.59. The fraction of sp³-hybridized carbons (Fsp3) is 0.500. The molecule has 1 aliphatic heterocycles. The minimum absolute atomic E-state index is 0.152. The summed E-state index contributed by atoms with van der Waals surface area (Å²) in [6, 6.07) is 6.74. The molecule has 1 aliphatic rings. The number of sulfonamides is 1. The largest absolute Gasteiger partial charge is 0.393 e. The standard InChI is InChI=1S/C14H21N3O4S/c15-22(20,21)10-12-3-1-11(2-4-12)9-16-14(19)17-7-5-13(18)6-8-17/h1-4,13,18H,5-10H2,(H,16,19)(H2,15,20,21). The van der Waals surface area contributed by atoms with Crippen molar-refractivity contribution in [1.82, 2.24) is 10.2 Å². The highest BCUT2D eigenvalue weighted by atomic mass is 32.2. The van der Waals surface area contributed by atoms with Crippen LogP contribution in [0.15, 0.2) is 24.3 Å². The lowest BCUT2D eigenvalue weighted by atomic mass is 10.1. The first-order valence-electron chi connectivity index (χ1n) is 7.12. The molecule has 1 aromatic carbocycles. The van der Waals surface area contributed by atoms with Gasteiger partial charge in [-0.2, -0.15) is 0 Å². The molecule has 4 N–H and O–H groups in total. The van der Waals surface area contributed by atoms with Crippen molar-refractivity contribution in [2.45, 2.75) is 31.2 Å². The van der Waals surface area contributed by atoms with Crippen LogP contribution in [-0.2, 0) is 22.3 Å². The molecular weight excluding hydrogens is 306 g/mol. The van der Waals surface area contributed by atoms with E-state index in [2.05, 4.69) is 5.32 Å². The predicted octanol–water partition coefficient (Wildman–Crippen LogP) is 0.141. The van der Waals surface area contributed by atoms with Crippen molar-refractivity contribution >= 4 is 16.1 Å². The van der Waals surface area contributed by atoms with E-state index >= 15 is 0 Å². The second kappa shape index (κ2) is 7.08. The van der Waals surface area contributed by atoms with E-state index in [0.717, 1.165) is 5.56 Å². The minimum atomic E-state index is -3.53. The second-order valence-electron chi connectivity index (χ2n) is 5.50. The first kappa shape index (κ1) is 16.7. The Hall–Kier alpha value is -1.64. The molecule has 1 fully saturated rings. The van der Waals surface area contributed by atoms with Gasteiger partial charge in [0, 0.05) is 19.6 Å². The van der Waals surface area contributed by atoms with Crippen LogP contribution in [0.25, 0.3) is 0 Å². The third kappa shape index (κ3) is 5.28. The van der Waals surface area contributed by atoms with Crippen LogP contribution in [0.5, 0.6) is 0 Å². The summed E-state index contributed by atoms with van der Waals surface area (Å²) in [7, 11) is -3.53. The molecule has 7 nitrogen and oxygen atoms in total. The van der Waals surface area contributed by atoms with Gasteiger partial charge in [-0.25, -0.2) is 18.4 Å². The van der Waals surface area contributed by atoms with Crippen LogP contribution in [-0.4, -0.2) is 43.6 Å². The summed E-state index contributed by atoms with van der Waals surface area (Å²) in [5.41, 5.74) is 1.49. The number of amides is 2. The Morgan fingerprint density at radius 1 is 1.23 bits per heavy atom. The van der Waals surface area contributed by atoms with Gasteiger partial charge in [0.15, 0.2) is 0 Å². The molecule has 1 heterocycles. The molecule has 0 radical (unpaired) electrons. The molecule has 22 heavy (non-hydrogen) atoms. The van der Waals surface area contributed by atoms with Gasteiger partial charge in [-0.05, 0) is 24.0 Å². The second-order valence-corrected chi connectivity index (χ2v) is 7.12. The van der Waals surface area contributed by atoms with Crippen LogP contribution in [0.2, 0.25) is 0 Å². The number of urea groups is 1. The number of benzene rings is 1. The van der Waals surface area contributed by atoms with Gasteiger partial charge in [-0.15, -0.1) is 0 Å². The monoisotopic (exact) mass is 327 g/mol. The normalized spacial score (nSPS) is 16.5. The third-order valence-corrected chi connectivity index (χ3v) is 4.32. The number of likely N-dealkylation sites (tertiary alicyclic amines) is 1. The maximum Gasteiger partial charge on any atom is 0.317 e. The number of rotatable bonds is 4. The highest BCUT2D eigenvalue weighted by Crippen LogP contribution is 2.10. The molecule has 0 aliphatic carbocycles. The zero-order valence-electron chi connectivity index (χ0n) is 12.2. The summed E-state index contributed by atoms with van der Waals surface area (Å²) < 4.78 is 22.0. The predicted molar refractivity (Wildman–Crippen MR) is 82.3 cm³/mol. The summed E-state index contributed by atoms with van der Waals surface area (Å²) in [5.74, 6) is -0.199. The van der Waals surface area contributed by atoms with E-state index < -0.39 is 10.0 Å². The molecule has 2 amide bonds. The van der Waals surface area contributed by atoms with Crippen LogP contribution in [0, 0.1) is 0 Å². The average Bonchev–Trinajstić information content (AvgIpc) is 2.45. The van der Waals surface area contributed by atoms with Crippen molar-refractivity contribution in [3.63, 3.8) is 0 Å². The number of aliphatic hydroxyl groups excluding tert-OH is 1. The topological polar surface area (TPSA) is 113 Å². The van der Waals surface area contributed by atoms with Gasteiger partial charge in [0.25, 0.3) is 0 Å². The molecule has 0 aromatic heterocycles. The summed E-state index contributed by atoms with van der Waals surface area (Å²) in [6.45, 7) is 1.48. The number of carbonyl (C=O) groups is 1. The highest BCUT2D eigenvalue weighted by Gasteiger charge is 2.20. The van der Waals surface area contributed by atoms with Crippen LogP contribution in [0.3, 0.4) is 0 Å². The Labute approximate surface area is 130 Å². The zero-order valence-corrected chi connectivity index (χ0v) is 13.1. The molecule has 1 aromatic rings. The lowest BCUT2D eigenvalue weighted by Crippen LogP contribution is -2.45. The van der Waals surface area contributed by atoms with E-state index in [9.17, 15) is 18.3 Å². The first-order valence-corrected chi connectivity index (χ1v) is 8.84. The first-order chi connectivity index (χ1) is 10.3. The van der Waals surface area contributed by atoms with E-state index in [1.54, 1.807) is 29.2 Å². The number of piperidine rings is 1. The van der Waals surface area contributed by atoms with Gasteiger partial charge in [-0.3, -0.25) is 0 Å². The average molecular weight is 327 g/mol. The number of aliphatic hydroxyl groups is 1. The van der Waals surface area contributed by atoms with Gasteiger partial charge < -0.3 is 15.3 Å². The fourth-order valence-corrected chi connectivity index (χ4v) is 3.00. The van der Waals surface area contributed by atoms with Crippen LogP contribution >= 0.6 is 0 Å². The number of carbonyl (C=O) groups excluding carboxylic acids is 1. The van der Waals surface area contributed by atoms with Crippen molar-refractivity contribution < 1.29 is 18.3 Å². The number of nitrogens with two attached hydrogens (primary N) is 1. The van der Waals surface area contributed by atoms with Crippen molar-refractivity contribution in [1.29, 1.82) is 0 Å². The Morgan fingerprint density at radius 3 is 2.32 bits per heavy atom. The maximum absolute atomic E-state index is 12.0. The highest BCUT2D eigenvalue weighted by molar-refractivity contribution is 7.88. The molecule has 2 rings (SSSR count). The lowest BCUT2D eigenvalue weighted by Gasteiger charge is -2.29. The van der Waals surface area contributed by atoms with Gasteiger partial charge in [0.05, 0.1) is 11.9 Å². The SMILES string of the molecule is NS(=O)(=O)Cc1ccc(CNC(=O)N2CCC(O)CC2)cc1. The van der Waals surface area contributed by atoms with E-state index in [4.69, 9.17) is 5.14 Å². The summed E-state index contributed by atoms with van der Waals surface area (Å²) in [5, 5.41) is 17.2. The molecule has 0 spiro atoms. The number of nitrogens with one attached hydrogen (secondary N) is 1. The van der Waals surface area contributed by atoms with Gasteiger partial charge in [0.1, 0.15) is 0 Å². The molecule has 0 saturated carbocycles. The van der Waals surface area contributed by atoms with Crippen LogP contribution in [0.1, 0.15) is 24.0 Å². The number of hydrogen-bond acceptors (Lipinski definition) is 4. The molecule has 8 heteroatoms. The summed E-state index contributed by atoms with van der Waals surface area (Å²) in [4.78, 5) is 13.7. The molecular formula is C14H21N3O4S. The summed E-state index contributed by atoms with van der Waals surface area (Å²) in [6.07, 6.45) is 0.904. The molecule has 0 atom stereocenters. The maximum atomic E-state index is 12.0. The van der Waals surface area contributed by atoms with Gasteiger partial charge in [0.2, 0.25) is 10.0 Å². The Morgan fingerprint density at radius 2 is 1.77 bits per heavy atom. The molecule has 0 bridgehead atoms. The van der Waals surface area contributed by atoms with E-state index in [-0.39, 0.29) is 17.9 Å². The zero-order chi connectivity index (χ0) is 16.2. The minimum Gasteiger partial charge on any atom is -0.393 e. The van der Waals surface area contributed by atoms with Gasteiger partial charge in [-0.1, -0.05) is 24.3 Å². The number of primary sulfonamides is 1. The Bertz CT molecular complexity index is 607. The van der Waals surface area contributed by atoms with Crippen molar-refractivity contribution in [2.24, 2.45) is 5.14 Å². The molecule has 122 valence electrons. The van der Waals surface area contributed by atoms with Crippen molar-refractivity contribution in [3.8, 4) is 0 Å². The van der Waals surface area contributed by atoms with Crippen molar-refractivity contribution in [3.05, 3.63) is 35.4 Å². The molecule has 0 unspecified atom stereocenters. The summed E-state index contributed by atoms with van der Waals surface area (Å²) >= 11 is 0. The van der Waals surface area contributed by atoms with Crippen LogP contribution in [0.4, 0.5) is 4.79 Å². The lowest BCUT2D eigenvalue weighted by molar-refractivity contribution is 0.0936. The van der Waals surface area contributed by atoms with E-state index in [0.29, 0.717) is 38.0 Å². The number of hydrogen-bond donors (Lipinski definition) is 3. The quantitative estimate of drug-likeness (QED) is 0.730. The number of nitrogens with zero attached hydrogens (tertiary/aromatic N) is 1. The van der Waals surface area contributed by atoms with Gasteiger partial charge >= 0.3 is 6.03 Å². The smallest absolute Gasteiger partial charge is 0.317 e. The Kier molecular flexibility index (Phi) is 5.38. The van der Waals surface area contributed by atoms with E-state index in [1.165, 1.54) is 0 Å². The Balaban J connectivity index is 1.82. The fourth-order valence-electron chi connectivity index (χ4n) is 2.34. The van der Waals surface area contributed by atoms with Crippen LogP contribution < -0.4 is 10.5 Å². The van der Waals surface area contributed by atoms with Crippen molar-refractivity contribution in [2.75, 3.05) is 13.1 Å².